The van der Waals surface area contributed by atoms with Crippen molar-refractivity contribution in [2.75, 3.05) is 7.11 Å². The molecule has 1 fully saturated rings. The third kappa shape index (κ3) is 2.53. The van der Waals surface area contributed by atoms with Crippen molar-refractivity contribution in [2.24, 2.45) is 5.73 Å². The normalized spacial score (nSPS) is 28.1. The van der Waals surface area contributed by atoms with E-state index in [1.54, 1.807) is 0 Å². The van der Waals surface area contributed by atoms with Crippen molar-refractivity contribution in [2.45, 2.75) is 30.7 Å². The fourth-order valence-corrected chi connectivity index (χ4v) is 2.75. The van der Waals surface area contributed by atoms with Gasteiger partial charge in [0.1, 0.15) is 5.54 Å². The SMILES string of the molecule is COC(=O)C1(N)CCC(c2ccc(Br)cc2)C1. The lowest BCUT2D eigenvalue weighted by Gasteiger charge is -2.20. The summed E-state index contributed by atoms with van der Waals surface area (Å²) in [4.78, 5) is 11.6. The maximum atomic E-state index is 11.6. The van der Waals surface area contributed by atoms with Crippen molar-refractivity contribution in [1.29, 1.82) is 0 Å². The highest BCUT2D eigenvalue weighted by molar-refractivity contribution is 9.10. The Balaban J connectivity index is 2.12. The molecule has 92 valence electrons. The predicted octanol–water partition coefficient (Wildman–Crippen LogP) is 2.59. The zero-order valence-electron chi connectivity index (χ0n) is 9.78. The molecule has 0 heterocycles. The quantitative estimate of drug-likeness (QED) is 0.854. The minimum Gasteiger partial charge on any atom is -0.468 e. The molecular weight excluding hydrogens is 282 g/mol. The Hall–Kier alpha value is -0.870. The van der Waals surface area contributed by atoms with Gasteiger partial charge in [0.05, 0.1) is 7.11 Å². The average Bonchev–Trinajstić information content (AvgIpc) is 2.73. The maximum Gasteiger partial charge on any atom is 0.325 e. The average molecular weight is 298 g/mol. The van der Waals surface area contributed by atoms with E-state index in [1.807, 2.05) is 12.1 Å². The van der Waals surface area contributed by atoms with Crippen LogP contribution < -0.4 is 5.73 Å². The lowest BCUT2D eigenvalue weighted by Crippen LogP contribution is -2.46. The first-order valence-corrected chi connectivity index (χ1v) is 6.47. The Morgan fingerprint density at radius 2 is 2.12 bits per heavy atom. The number of nitrogens with two attached hydrogens (primary N) is 1. The standard InChI is InChI=1S/C13H16BrNO2/c1-17-12(16)13(15)7-6-10(8-13)9-2-4-11(14)5-3-9/h2-5,10H,6-8,15H2,1H3. The molecule has 0 aromatic heterocycles. The third-order valence-corrected chi connectivity index (χ3v) is 4.01. The lowest BCUT2D eigenvalue weighted by atomic mass is 9.93. The van der Waals surface area contributed by atoms with Crippen LogP contribution in [0.25, 0.3) is 0 Å². The second-order valence-corrected chi connectivity index (χ2v) is 5.55. The molecule has 0 bridgehead atoms. The van der Waals surface area contributed by atoms with Crippen molar-refractivity contribution in [1.82, 2.24) is 0 Å². The van der Waals surface area contributed by atoms with Crippen LogP contribution in [0.4, 0.5) is 0 Å². The highest BCUT2D eigenvalue weighted by Crippen LogP contribution is 2.40. The molecule has 2 atom stereocenters. The molecule has 1 aliphatic carbocycles. The molecular formula is C13H16BrNO2. The van der Waals surface area contributed by atoms with E-state index in [0.717, 1.165) is 10.9 Å². The summed E-state index contributed by atoms with van der Waals surface area (Å²) in [7, 11) is 1.39. The summed E-state index contributed by atoms with van der Waals surface area (Å²) in [6.07, 6.45) is 2.30. The highest BCUT2D eigenvalue weighted by Gasteiger charge is 2.43. The number of hydrogen-bond acceptors (Lipinski definition) is 3. The summed E-state index contributed by atoms with van der Waals surface area (Å²) in [6, 6.07) is 8.20. The van der Waals surface area contributed by atoms with Crippen LogP contribution in [0.15, 0.2) is 28.7 Å². The number of rotatable bonds is 2. The van der Waals surface area contributed by atoms with Crippen LogP contribution >= 0.6 is 15.9 Å². The minimum atomic E-state index is -0.799. The van der Waals surface area contributed by atoms with Gasteiger partial charge in [-0.25, -0.2) is 0 Å². The molecule has 3 nitrogen and oxygen atoms in total. The van der Waals surface area contributed by atoms with Crippen LogP contribution in [0, 0.1) is 0 Å². The number of halogens is 1. The van der Waals surface area contributed by atoms with Crippen molar-refractivity contribution in [3.05, 3.63) is 34.3 Å². The van der Waals surface area contributed by atoms with Crippen molar-refractivity contribution >= 4 is 21.9 Å². The van der Waals surface area contributed by atoms with E-state index >= 15 is 0 Å². The van der Waals surface area contributed by atoms with Gasteiger partial charge >= 0.3 is 5.97 Å². The highest BCUT2D eigenvalue weighted by atomic mass is 79.9. The van der Waals surface area contributed by atoms with Crippen molar-refractivity contribution in [3.63, 3.8) is 0 Å². The monoisotopic (exact) mass is 297 g/mol. The van der Waals surface area contributed by atoms with E-state index < -0.39 is 5.54 Å². The number of methoxy groups -OCH3 is 1. The van der Waals surface area contributed by atoms with Gasteiger partial charge in [0, 0.05) is 4.47 Å². The summed E-state index contributed by atoms with van der Waals surface area (Å²) < 4.78 is 5.83. The van der Waals surface area contributed by atoms with Crippen LogP contribution in [0.2, 0.25) is 0 Å². The number of carbonyl (C=O) groups is 1. The van der Waals surface area contributed by atoms with Crippen LogP contribution in [0.1, 0.15) is 30.7 Å². The summed E-state index contributed by atoms with van der Waals surface area (Å²) in [5.74, 6) is 0.0595. The zero-order chi connectivity index (χ0) is 12.5. The van der Waals surface area contributed by atoms with Crippen LogP contribution in [0.5, 0.6) is 0 Å². The van der Waals surface area contributed by atoms with Crippen molar-refractivity contribution < 1.29 is 9.53 Å². The lowest BCUT2D eigenvalue weighted by molar-refractivity contribution is -0.146. The van der Waals surface area contributed by atoms with Gasteiger partial charge in [-0.2, -0.15) is 0 Å². The number of benzene rings is 1. The second-order valence-electron chi connectivity index (χ2n) is 4.64. The van der Waals surface area contributed by atoms with Crippen LogP contribution in [-0.4, -0.2) is 18.6 Å². The summed E-state index contributed by atoms with van der Waals surface area (Å²) >= 11 is 3.41. The summed E-state index contributed by atoms with van der Waals surface area (Å²) in [5.41, 5.74) is 6.53. The van der Waals surface area contributed by atoms with Gasteiger partial charge in [-0.05, 0) is 42.9 Å². The molecule has 1 aromatic carbocycles. The van der Waals surface area contributed by atoms with E-state index in [4.69, 9.17) is 10.5 Å². The molecule has 2 rings (SSSR count). The Labute approximate surface area is 109 Å². The molecule has 1 aromatic rings. The third-order valence-electron chi connectivity index (χ3n) is 3.48. The first-order valence-electron chi connectivity index (χ1n) is 5.68. The Morgan fingerprint density at radius 1 is 1.47 bits per heavy atom. The molecule has 2 unspecified atom stereocenters. The molecule has 1 saturated carbocycles. The smallest absolute Gasteiger partial charge is 0.325 e. The fraction of sp³-hybridized carbons (Fsp3) is 0.462. The van der Waals surface area contributed by atoms with Gasteiger partial charge in [-0.15, -0.1) is 0 Å². The topological polar surface area (TPSA) is 52.3 Å². The van der Waals surface area contributed by atoms with E-state index in [0.29, 0.717) is 18.8 Å². The van der Waals surface area contributed by atoms with Gasteiger partial charge in [0.2, 0.25) is 0 Å². The van der Waals surface area contributed by atoms with Gasteiger partial charge < -0.3 is 10.5 Å². The van der Waals surface area contributed by atoms with Gasteiger partial charge in [0.15, 0.2) is 0 Å². The maximum absolute atomic E-state index is 11.6. The Bertz CT molecular complexity index is 418. The minimum absolute atomic E-state index is 0.294. The van der Waals surface area contributed by atoms with E-state index in [-0.39, 0.29) is 5.97 Å². The predicted molar refractivity (Wildman–Crippen MR) is 69.7 cm³/mol. The number of carbonyl (C=O) groups excluding carboxylic acids is 1. The Morgan fingerprint density at radius 3 is 2.71 bits per heavy atom. The molecule has 4 heteroatoms. The molecule has 0 spiro atoms. The number of hydrogen-bond donors (Lipinski definition) is 1. The first kappa shape index (κ1) is 12.6. The van der Waals surface area contributed by atoms with E-state index in [9.17, 15) is 4.79 Å². The molecule has 0 amide bonds. The fourth-order valence-electron chi connectivity index (χ4n) is 2.48. The molecule has 17 heavy (non-hydrogen) atoms. The largest absolute Gasteiger partial charge is 0.468 e. The van der Waals surface area contributed by atoms with E-state index in [1.165, 1.54) is 12.7 Å². The summed E-state index contributed by atoms with van der Waals surface area (Å²) in [6.45, 7) is 0. The van der Waals surface area contributed by atoms with Gasteiger partial charge in [0.25, 0.3) is 0 Å². The summed E-state index contributed by atoms with van der Waals surface area (Å²) in [5, 5.41) is 0. The second kappa shape index (κ2) is 4.78. The van der Waals surface area contributed by atoms with Crippen LogP contribution in [0.3, 0.4) is 0 Å². The Kier molecular flexibility index (Phi) is 3.54. The molecule has 0 saturated heterocycles. The van der Waals surface area contributed by atoms with Gasteiger partial charge in [-0.1, -0.05) is 28.1 Å². The molecule has 2 N–H and O–H groups in total. The first-order chi connectivity index (χ1) is 8.05. The number of esters is 1. The molecule has 0 aliphatic heterocycles. The van der Waals surface area contributed by atoms with Gasteiger partial charge in [-0.3, -0.25) is 4.79 Å². The van der Waals surface area contributed by atoms with Crippen molar-refractivity contribution in [3.8, 4) is 0 Å². The zero-order valence-corrected chi connectivity index (χ0v) is 11.4. The van der Waals surface area contributed by atoms with Crippen LogP contribution in [-0.2, 0) is 9.53 Å². The molecule has 0 radical (unpaired) electrons. The number of ether oxygens (including phenoxy) is 1. The molecule has 1 aliphatic rings. The van der Waals surface area contributed by atoms with E-state index in [2.05, 4.69) is 28.1 Å².